The molecule has 0 unspecified atom stereocenters. The van der Waals surface area contributed by atoms with E-state index in [1.54, 1.807) is 44.3 Å². The zero-order valence-electron chi connectivity index (χ0n) is 14.8. The zero-order valence-corrected chi connectivity index (χ0v) is 15.6. The molecule has 1 aromatic rings. The third-order valence-electron chi connectivity index (χ3n) is 4.49. The summed E-state index contributed by atoms with van der Waals surface area (Å²) in [7, 11) is -2.06. The molecule has 0 radical (unpaired) electrons. The number of hydrogen-bond donors (Lipinski definition) is 0. The second-order valence-corrected chi connectivity index (χ2v) is 8.35. The highest BCUT2D eigenvalue weighted by Gasteiger charge is 2.48. The molecule has 0 atom stereocenters. The number of hydrogen-bond acceptors (Lipinski definition) is 4. The van der Waals surface area contributed by atoms with Gasteiger partial charge in [0.25, 0.3) is 0 Å². The molecule has 1 aliphatic rings. The maximum absolute atomic E-state index is 13.2. The molecule has 8 heteroatoms. The van der Waals surface area contributed by atoms with Crippen molar-refractivity contribution in [1.82, 2.24) is 19.0 Å². The van der Waals surface area contributed by atoms with Crippen molar-refractivity contribution in [3.8, 4) is 0 Å². The largest absolute Gasteiger partial charge is 0.340 e. The molecule has 0 aromatic carbocycles. The van der Waals surface area contributed by atoms with Gasteiger partial charge in [-0.15, -0.1) is 0 Å². The molecule has 1 fully saturated rings. The highest BCUT2D eigenvalue weighted by atomic mass is 32.2. The number of carbonyl (C=O) groups is 1. The third-order valence-corrected chi connectivity index (χ3v) is 6.82. The first kappa shape index (κ1) is 17.9. The standard InChI is InChI=1S/C15H26N4O3S/c1-7-8-18-9-10-19(15(4,5)14(18)20)23(21,22)13-11(2)16-17(6)12(13)3/h7-10H2,1-6H3. The molecule has 130 valence electrons. The fourth-order valence-electron chi connectivity index (χ4n) is 3.23. The van der Waals surface area contributed by atoms with Crippen LogP contribution in [0.5, 0.6) is 0 Å². The van der Waals surface area contributed by atoms with Crippen molar-refractivity contribution in [2.45, 2.75) is 51.5 Å². The van der Waals surface area contributed by atoms with Gasteiger partial charge < -0.3 is 4.90 Å². The Hall–Kier alpha value is -1.41. The van der Waals surface area contributed by atoms with Gasteiger partial charge in [-0.2, -0.15) is 9.40 Å². The molecule has 0 spiro atoms. The average Bonchev–Trinajstić information content (AvgIpc) is 2.69. The summed E-state index contributed by atoms with van der Waals surface area (Å²) in [5.41, 5.74) is -0.0491. The van der Waals surface area contributed by atoms with Crippen molar-refractivity contribution in [2.75, 3.05) is 19.6 Å². The topological polar surface area (TPSA) is 75.5 Å². The van der Waals surface area contributed by atoms with Gasteiger partial charge in [0, 0.05) is 26.7 Å². The summed E-state index contributed by atoms with van der Waals surface area (Å²) in [5.74, 6) is -0.145. The lowest BCUT2D eigenvalue weighted by Crippen LogP contribution is -2.64. The lowest BCUT2D eigenvalue weighted by Gasteiger charge is -2.44. The van der Waals surface area contributed by atoms with Crippen molar-refractivity contribution in [2.24, 2.45) is 7.05 Å². The third kappa shape index (κ3) is 2.78. The fraction of sp³-hybridized carbons (Fsp3) is 0.733. The first-order valence-corrected chi connectivity index (χ1v) is 9.31. The van der Waals surface area contributed by atoms with E-state index in [0.29, 0.717) is 31.0 Å². The number of carbonyl (C=O) groups excluding carboxylic acids is 1. The molecule has 2 rings (SSSR count). The van der Waals surface area contributed by atoms with Crippen LogP contribution >= 0.6 is 0 Å². The Labute approximate surface area is 138 Å². The number of piperazine rings is 1. The highest BCUT2D eigenvalue weighted by Crippen LogP contribution is 2.32. The molecule has 0 saturated carbocycles. The summed E-state index contributed by atoms with van der Waals surface area (Å²) in [5, 5.41) is 4.20. The number of sulfonamides is 1. The van der Waals surface area contributed by atoms with Gasteiger partial charge in [-0.05, 0) is 34.1 Å². The number of rotatable bonds is 4. The summed E-state index contributed by atoms with van der Waals surface area (Å²) in [6.07, 6.45) is 0.857. The van der Waals surface area contributed by atoms with Crippen LogP contribution in [-0.2, 0) is 21.9 Å². The highest BCUT2D eigenvalue weighted by molar-refractivity contribution is 7.89. The lowest BCUT2D eigenvalue weighted by atomic mass is 10.0. The fourth-order valence-corrected chi connectivity index (χ4v) is 5.37. The van der Waals surface area contributed by atoms with Crippen LogP contribution in [0.25, 0.3) is 0 Å². The predicted molar refractivity (Wildman–Crippen MR) is 87.5 cm³/mol. The van der Waals surface area contributed by atoms with Crippen molar-refractivity contribution in [1.29, 1.82) is 0 Å². The Bertz CT molecular complexity index is 721. The van der Waals surface area contributed by atoms with Crippen molar-refractivity contribution < 1.29 is 13.2 Å². The Kier molecular flexibility index (Phi) is 4.60. The van der Waals surface area contributed by atoms with Crippen LogP contribution in [0.2, 0.25) is 0 Å². The van der Waals surface area contributed by atoms with E-state index in [2.05, 4.69) is 5.10 Å². The van der Waals surface area contributed by atoms with Gasteiger partial charge in [-0.1, -0.05) is 6.92 Å². The van der Waals surface area contributed by atoms with Gasteiger partial charge in [0.1, 0.15) is 10.4 Å². The summed E-state index contributed by atoms with van der Waals surface area (Å²) < 4.78 is 29.2. The average molecular weight is 342 g/mol. The molecular formula is C15H26N4O3S. The normalized spacial score (nSPS) is 19.4. The molecule has 0 bridgehead atoms. The summed E-state index contributed by atoms with van der Waals surface area (Å²) in [4.78, 5) is 14.7. The Balaban J connectivity index is 2.47. The van der Waals surface area contributed by atoms with Gasteiger partial charge in [-0.25, -0.2) is 8.42 Å². The van der Waals surface area contributed by atoms with Crippen LogP contribution in [0.15, 0.2) is 4.90 Å². The van der Waals surface area contributed by atoms with E-state index < -0.39 is 15.6 Å². The van der Waals surface area contributed by atoms with Gasteiger partial charge >= 0.3 is 0 Å². The molecule has 23 heavy (non-hydrogen) atoms. The quantitative estimate of drug-likeness (QED) is 0.820. The van der Waals surface area contributed by atoms with E-state index in [9.17, 15) is 13.2 Å². The van der Waals surface area contributed by atoms with Crippen LogP contribution in [0, 0.1) is 13.8 Å². The molecule has 7 nitrogen and oxygen atoms in total. The Morgan fingerprint density at radius 3 is 2.30 bits per heavy atom. The minimum absolute atomic E-state index is 0.145. The molecule has 2 heterocycles. The molecule has 1 saturated heterocycles. The number of nitrogens with zero attached hydrogens (tertiary/aromatic N) is 4. The van der Waals surface area contributed by atoms with Gasteiger partial charge in [0.05, 0.1) is 11.4 Å². The van der Waals surface area contributed by atoms with Gasteiger partial charge in [0.15, 0.2) is 0 Å². The molecule has 1 amide bonds. The van der Waals surface area contributed by atoms with E-state index in [-0.39, 0.29) is 10.8 Å². The second kappa shape index (κ2) is 5.90. The maximum atomic E-state index is 13.2. The van der Waals surface area contributed by atoms with Crippen LogP contribution in [-0.4, -0.2) is 58.5 Å². The zero-order chi connectivity index (χ0) is 17.6. The number of aromatic nitrogens is 2. The van der Waals surface area contributed by atoms with Crippen LogP contribution in [0.3, 0.4) is 0 Å². The van der Waals surface area contributed by atoms with E-state index in [0.717, 1.165) is 6.42 Å². The molecular weight excluding hydrogens is 316 g/mol. The number of amides is 1. The van der Waals surface area contributed by atoms with E-state index in [1.165, 1.54) is 4.31 Å². The smallest absolute Gasteiger partial charge is 0.247 e. The van der Waals surface area contributed by atoms with E-state index in [1.807, 2.05) is 6.92 Å². The Morgan fingerprint density at radius 1 is 1.22 bits per heavy atom. The van der Waals surface area contributed by atoms with E-state index >= 15 is 0 Å². The van der Waals surface area contributed by atoms with Crippen molar-refractivity contribution >= 4 is 15.9 Å². The molecule has 0 N–H and O–H groups in total. The second-order valence-electron chi connectivity index (χ2n) is 6.55. The SMILES string of the molecule is CCCN1CCN(S(=O)(=O)c2c(C)nn(C)c2C)C(C)(C)C1=O. The predicted octanol–water partition coefficient (Wildman–Crippen LogP) is 1.06. The van der Waals surface area contributed by atoms with E-state index in [4.69, 9.17) is 0 Å². The van der Waals surface area contributed by atoms with Gasteiger partial charge in [-0.3, -0.25) is 9.48 Å². The summed E-state index contributed by atoms with van der Waals surface area (Å²) in [6, 6.07) is 0. The molecule has 0 aliphatic carbocycles. The molecule has 1 aliphatic heterocycles. The first-order valence-electron chi connectivity index (χ1n) is 7.87. The number of aryl methyl sites for hydroxylation is 2. The lowest BCUT2D eigenvalue weighted by molar-refractivity contribution is -0.144. The van der Waals surface area contributed by atoms with Crippen LogP contribution in [0.1, 0.15) is 38.6 Å². The monoisotopic (exact) mass is 342 g/mol. The van der Waals surface area contributed by atoms with Crippen molar-refractivity contribution in [3.05, 3.63) is 11.4 Å². The minimum Gasteiger partial charge on any atom is -0.340 e. The minimum atomic E-state index is -3.78. The maximum Gasteiger partial charge on any atom is 0.247 e. The van der Waals surface area contributed by atoms with Crippen LogP contribution < -0.4 is 0 Å². The summed E-state index contributed by atoms with van der Waals surface area (Å²) >= 11 is 0. The van der Waals surface area contributed by atoms with Gasteiger partial charge in [0.2, 0.25) is 15.9 Å². The Morgan fingerprint density at radius 2 is 1.83 bits per heavy atom. The summed E-state index contributed by atoms with van der Waals surface area (Å²) in [6.45, 7) is 10.2. The molecule has 1 aromatic heterocycles. The first-order chi connectivity index (χ1) is 10.5. The van der Waals surface area contributed by atoms with Crippen LogP contribution in [0.4, 0.5) is 0 Å². The van der Waals surface area contributed by atoms with Crippen molar-refractivity contribution in [3.63, 3.8) is 0 Å².